The number of carbonyl (C=O) groups excluding carboxylic acids is 2. The lowest BCUT2D eigenvalue weighted by Crippen LogP contribution is -2.37. The monoisotopic (exact) mass is 275 g/mol. The standard InChI is InChI=1S/C15H21N3O2/c1-9-5-6-16-8-11(9)18-14(20)12-10(15(2,3)4)7-17-13(12)19/h5-6,8,10,12H,7H2,1-4H3,(H,17,19)(H,18,20)/t10-,12-/m0/s1. The zero-order valence-corrected chi connectivity index (χ0v) is 12.4. The molecule has 0 radical (unpaired) electrons. The fraction of sp³-hybridized carbons (Fsp3) is 0.533. The van der Waals surface area contributed by atoms with Gasteiger partial charge in [-0.1, -0.05) is 20.8 Å². The Morgan fingerprint density at radius 3 is 2.75 bits per heavy atom. The molecular weight excluding hydrogens is 254 g/mol. The van der Waals surface area contributed by atoms with Crippen LogP contribution in [0.1, 0.15) is 26.3 Å². The molecule has 0 saturated carbocycles. The van der Waals surface area contributed by atoms with Crippen molar-refractivity contribution < 1.29 is 9.59 Å². The highest BCUT2D eigenvalue weighted by Gasteiger charge is 2.45. The first-order valence-corrected chi connectivity index (χ1v) is 6.80. The molecule has 2 atom stereocenters. The van der Waals surface area contributed by atoms with Crippen LogP contribution in [0.5, 0.6) is 0 Å². The Morgan fingerprint density at radius 2 is 2.15 bits per heavy atom. The van der Waals surface area contributed by atoms with Crippen molar-refractivity contribution >= 4 is 17.5 Å². The number of pyridine rings is 1. The fourth-order valence-electron chi connectivity index (χ4n) is 2.53. The van der Waals surface area contributed by atoms with Crippen LogP contribution in [0.3, 0.4) is 0 Å². The number of rotatable bonds is 2. The molecule has 1 aliphatic heterocycles. The first-order chi connectivity index (χ1) is 9.30. The second-order valence-corrected chi connectivity index (χ2v) is 6.38. The lowest BCUT2D eigenvalue weighted by atomic mass is 9.74. The molecule has 1 aromatic heterocycles. The second-order valence-electron chi connectivity index (χ2n) is 6.38. The van der Waals surface area contributed by atoms with E-state index in [0.717, 1.165) is 5.56 Å². The maximum Gasteiger partial charge on any atom is 0.237 e. The Hall–Kier alpha value is -1.91. The van der Waals surface area contributed by atoms with E-state index in [1.165, 1.54) is 0 Å². The molecule has 2 N–H and O–H groups in total. The van der Waals surface area contributed by atoms with E-state index in [1.807, 2.05) is 33.8 Å². The van der Waals surface area contributed by atoms with Crippen LogP contribution in [0.25, 0.3) is 0 Å². The topological polar surface area (TPSA) is 71.1 Å². The van der Waals surface area contributed by atoms with Gasteiger partial charge < -0.3 is 10.6 Å². The van der Waals surface area contributed by atoms with Crippen molar-refractivity contribution in [1.82, 2.24) is 10.3 Å². The Kier molecular flexibility index (Phi) is 3.79. The Labute approximate surface area is 119 Å². The van der Waals surface area contributed by atoms with E-state index in [0.29, 0.717) is 12.2 Å². The largest absolute Gasteiger partial charge is 0.355 e. The molecule has 1 aromatic rings. The minimum Gasteiger partial charge on any atom is -0.355 e. The summed E-state index contributed by atoms with van der Waals surface area (Å²) in [5.41, 5.74) is 1.48. The van der Waals surface area contributed by atoms with Crippen molar-refractivity contribution in [3.63, 3.8) is 0 Å². The van der Waals surface area contributed by atoms with Crippen LogP contribution in [-0.4, -0.2) is 23.3 Å². The number of hydrogen-bond donors (Lipinski definition) is 2. The summed E-state index contributed by atoms with van der Waals surface area (Å²) in [5.74, 6) is -1.10. The SMILES string of the molecule is Cc1ccncc1NC(=O)[C@@H]1C(=O)NC[C@@H]1C(C)(C)C. The van der Waals surface area contributed by atoms with Crippen molar-refractivity contribution in [3.8, 4) is 0 Å². The minimum atomic E-state index is -0.644. The van der Waals surface area contributed by atoms with Gasteiger partial charge in [0.15, 0.2) is 0 Å². The van der Waals surface area contributed by atoms with Crippen molar-refractivity contribution in [3.05, 3.63) is 24.0 Å². The van der Waals surface area contributed by atoms with Crippen molar-refractivity contribution in [2.45, 2.75) is 27.7 Å². The molecule has 0 spiro atoms. The smallest absolute Gasteiger partial charge is 0.237 e. The molecule has 2 heterocycles. The number of hydrogen-bond acceptors (Lipinski definition) is 3. The maximum atomic E-state index is 12.4. The maximum absolute atomic E-state index is 12.4. The summed E-state index contributed by atoms with van der Waals surface area (Å²) >= 11 is 0. The van der Waals surface area contributed by atoms with Gasteiger partial charge in [0.05, 0.1) is 11.9 Å². The number of nitrogens with one attached hydrogen (secondary N) is 2. The molecule has 0 aromatic carbocycles. The molecule has 1 saturated heterocycles. The Bertz CT molecular complexity index is 534. The van der Waals surface area contributed by atoms with Gasteiger partial charge in [-0.2, -0.15) is 0 Å². The third-order valence-corrected chi connectivity index (χ3v) is 3.87. The van der Waals surface area contributed by atoms with Crippen molar-refractivity contribution in [2.75, 3.05) is 11.9 Å². The van der Waals surface area contributed by atoms with Crippen LogP contribution in [0.4, 0.5) is 5.69 Å². The van der Waals surface area contributed by atoms with Crippen molar-refractivity contribution in [2.24, 2.45) is 17.3 Å². The van der Waals surface area contributed by atoms with Gasteiger partial charge in [-0.05, 0) is 24.0 Å². The molecule has 0 bridgehead atoms. The highest BCUT2D eigenvalue weighted by Crippen LogP contribution is 2.35. The molecule has 108 valence electrons. The normalized spacial score (nSPS) is 22.5. The first kappa shape index (κ1) is 14.5. The van der Waals surface area contributed by atoms with Crippen LogP contribution in [0, 0.1) is 24.2 Å². The van der Waals surface area contributed by atoms with E-state index in [1.54, 1.807) is 12.4 Å². The molecule has 2 amide bonds. The van der Waals surface area contributed by atoms with Crippen LogP contribution in [0.15, 0.2) is 18.5 Å². The van der Waals surface area contributed by atoms with Crippen LogP contribution in [-0.2, 0) is 9.59 Å². The minimum absolute atomic E-state index is 0.00743. The number of nitrogens with zero attached hydrogens (tertiary/aromatic N) is 1. The molecule has 1 aliphatic rings. The average Bonchev–Trinajstić information content (AvgIpc) is 2.74. The van der Waals surface area contributed by atoms with E-state index >= 15 is 0 Å². The highest BCUT2D eigenvalue weighted by atomic mass is 16.2. The first-order valence-electron chi connectivity index (χ1n) is 6.80. The van der Waals surface area contributed by atoms with E-state index in [9.17, 15) is 9.59 Å². The zero-order valence-electron chi connectivity index (χ0n) is 12.4. The van der Waals surface area contributed by atoms with E-state index in [-0.39, 0.29) is 23.1 Å². The van der Waals surface area contributed by atoms with Gasteiger partial charge in [-0.3, -0.25) is 14.6 Å². The van der Waals surface area contributed by atoms with Gasteiger partial charge in [-0.25, -0.2) is 0 Å². The molecule has 0 unspecified atom stereocenters. The summed E-state index contributed by atoms with van der Waals surface area (Å²) in [7, 11) is 0. The number of amides is 2. The third kappa shape index (κ3) is 2.81. The number of anilines is 1. The summed E-state index contributed by atoms with van der Waals surface area (Å²) in [6, 6.07) is 1.82. The summed E-state index contributed by atoms with van der Waals surface area (Å²) in [6.07, 6.45) is 3.28. The predicted octanol–water partition coefficient (Wildman–Crippen LogP) is 1.74. The van der Waals surface area contributed by atoms with Crippen molar-refractivity contribution in [1.29, 1.82) is 0 Å². The number of aryl methyl sites for hydroxylation is 1. The molecule has 5 nitrogen and oxygen atoms in total. The predicted molar refractivity (Wildman–Crippen MR) is 77.0 cm³/mol. The lowest BCUT2D eigenvalue weighted by molar-refractivity contribution is -0.132. The summed E-state index contributed by atoms with van der Waals surface area (Å²) in [6.45, 7) is 8.59. The van der Waals surface area contributed by atoms with Crippen LogP contribution >= 0.6 is 0 Å². The lowest BCUT2D eigenvalue weighted by Gasteiger charge is -2.29. The Morgan fingerprint density at radius 1 is 1.45 bits per heavy atom. The average molecular weight is 275 g/mol. The van der Waals surface area contributed by atoms with Crippen LogP contribution < -0.4 is 10.6 Å². The van der Waals surface area contributed by atoms with Gasteiger partial charge in [0.1, 0.15) is 5.92 Å². The highest BCUT2D eigenvalue weighted by molar-refractivity contribution is 6.08. The quantitative estimate of drug-likeness (QED) is 0.808. The van der Waals surface area contributed by atoms with Gasteiger partial charge in [0.2, 0.25) is 11.8 Å². The van der Waals surface area contributed by atoms with E-state index in [2.05, 4.69) is 15.6 Å². The molecular formula is C15H21N3O2. The van der Waals surface area contributed by atoms with Gasteiger partial charge in [-0.15, -0.1) is 0 Å². The van der Waals surface area contributed by atoms with E-state index in [4.69, 9.17) is 0 Å². The molecule has 0 aliphatic carbocycles. The summed E-state index contributed by atoms with van der Waals surface area (Å²) < 4.78 is 0. The van der Waals surface area contributed by atoms with Gasteiger partial charge in [0, 0.05) is 18.7 Å². The Balaban J connectivity index is 2.19. The molecule has 1 fully saturated rings. The number of aromatic nitrogens is 1. The molecule has 20 heavy (non-hydrogen) atoms. The zero-order chi connectivity index (χ0) is 14.9. The number of carbonyl (C=O) groups is 2. The third-order valence-electron chi connectivity index (χ3n) is 3.87. The van der Waals surface area contributed by atoms with Crippen LogP contribution in [0.2, 0.25) is 0 Å². The fourth-order valence-corrected chi connectivity index (χ4v) is 2.53. The van der Waals surface area contributed by atoms with E-state index < -0.39 is 5.92 Å². The molecule has 2 rings (SSSR count). The summed E-state index contributed by atoms with van der Waals surface area (Å²) in [4.78, 5) is 28.4. The van der Waals surface area contributed by atoms with Gasteiger partial charge >= 0.3 is 0 Å². The summed E-state index contributed by atoms with van der Waals surface area (Å²) in [5, 5.41) is 5.61. The second kappa shape index (κ2) is 5.23. The molecule has 5 heteroatoms. The van der Waals surface area contributed by atoms with Gasteiger partial charge in [0.25, 0.3) is 0 Å².